The maximum Gasteiger partial charge on any atom is 0.452 e. The van der Waals surface area contributed by atoms with E-state index in [0.717, 1.165) is 0 Å². The quantitative estimate of drug-likeness (QED) is 0.680. The van der Waals surface area contributed by atoms with Gasteiger partial charge in [0, 0.05) is 25.4 Å². The normalized spacial score (nSPS) is 14.3. The number of nitrogens with two attached hydrogens (primary N) is 1. The summed E-state index contributed by atoms with van der Waals surface area (Å²) >= 11 is 5.59. The molecule has 0 bridgehead atoms. The van der Waals surface area contributed by atoms with E-state index in [2.05, 4.69) is 9.98 Å². The van der Waals surface area contributed by atoms with E-state index in [-0.39, 0.29) is 17.3 Å². The lowest BCUT2D eigenvalue weighted by atomic mass is 10.0. The van der Waals surface area contributed by atoms with E-state index in [1.807, 2.05) is 0 Å². The monoisotopic (exact) mass is 293 g/mol. The second kappa shape index (κ2) is 6.12. The Kier molecular flexibility index (Phi) is 5.02. The Bertz CT molecular complexity index is 485. The van der Waals surface area contributed by atoms with Gasteiger partial charge in [-0.1, -0.05) is 17.7 Å². The molecule has 0 saturated heterocycles. The van der Waals surface area contributed by atoms with Crippen LogP contribution in [0.5, 0.6) is 0 Å². The van der Waals surface area contributed by atoms with Crippen molar-refractivity contribution >= 4 is 23.1 Å². The zero-order chi connectivity index (χ0) is 14.6. The largest absolute Gasteiger partial charge is 0.452 e. The van der Waals surface area contributed by atoms with Crippen molar-refractivity contribution < 1.29 is 18.0 Å². The van der Waals surface area contributed by atoms with E-state index in [9.17, 15) is 18.0 Å². The van der Waals surface area contributed by atoms with E-state index in [1.165, 1.54) is 19.3 Å². The molecule has 1 unspecified atom stereocenters. The number of hydrogen-bond donors (Lipinski definition) is 1. The average Bonchev–Trinajstić information content (AvgIpc) is 2.35. The molecule has 1 aromatic heterocycles. The van der Waals surface area contributed by atoms with E-state index < -0.39 is 18.0 Å². The summed E-state index contributed by atoms with van der Waals surface area (Å²) in [6.45, 7) is 0. The van der Waals surface area contributed by atoms with Crippen LogP contribution in [-0.4, -0.2) is 35.7 Å². The van der Waals surface area contributed by atoms with Crippen LogP contribution < -0.4 is 5.73 Å². The first-order chi connectivity index (χ1) is 8.75. The first kappa shape index (κ1) is 15.6. The van der Waals surface area contributed by atoms with Gasteiger partial charge in [0.1, 0.15) is 11.2 Å². The average molecular weight is 294 g/mol. The van der Waals surface area contributed by atoms with Gasteiger partial charge < -0.3 is 5.73 Å². The van der Waals surface area contributed by atoms with Gasteiger partial charge in [0.15, 0.2) is 0 Å². The van der Waals surface area contributed by atoms with Gasteiger partial charge in [-0.2, -0.15) is 13.2 Å². The summed E-state index contributed by atoms with van der Waals surface area (Å²) in [6.07, 6.45) is -3.59. The molecule has 0 saturated carbocycles. The molecule has 1 aromatic rings. The van der Waals surface area contributed by atoms with Crippen molar-refractivity contribution in [3.05, 3.63) is 29.0 Å². The van der Waals surface area contributed by atoms with Crippen LogP contribution in [0.15, 0.2) is 23.3 Å². The fraction of sp³-hybridized carbons (Fsp3) is 0.364. The van der Waals surface area contributed by atoms with Gasteiger partial charge in [0.05, 0.1) is 0 Å². The van der Waals surface area contributed by atoms with Crippen LogP contribution in [0.1, 0.15) is 5.56 Å². The molecular formula is C11H11ClF3N3O. The SMILES string of the molecule is CN=C(Cc1ccc(Cl)nc1)C(N)C(=O)C(F)(F)F. The lowest BCUT2D eigenvalue weighted by molar-refractivity contribution is -0.170. The number of alkyl halides is 3. The van der Waals surface area contributed by atoms with Crippen molar-refractivity contribution in [1.29, 1.82) is 0 Å². The Labute approximate surface area is 112 Å². The summed E-state index contributed by atoms with van der Waals surface area (Å²) < 4.78 is 36.8. The predicted octanol–water partition coefficient (Wildman–Crippen LogP) is 1.81. The summed E-state index contributed by atoms with van der Waals surface area (Å²) in [5.41, 5.74) is 5.79. The number of carbonyl (C=O) groups is 1. The summed E-state index contributed by atoms with van der Waals surface area (Å²) in [7, 11) is 1.28. The fourth-order valence-electron chi connectivity index (χ4n) is 1.38. The van der Waals surface area contributed by atoms with Gasteiger partial charge >= 0.3 is 6.18 Å². The van der Waals surface area contributed by atoms with Crippen molar-refractivity contribution in [3.63, 3.8) is 0 Å². The molecule has 8 heteroatoms. The second-order valence-corrected chi connectivity index (χ2v) is 4.11. The maximum absolute atomic E-state index is 12.3. The van der Waals surface area contributed by atoms with E-state index in [4.69, 9.17) is 17.3 Å². The van der Waals surface area contributed by atoms with Crippen molar-refractivity contribution in [2.75, 3.05) is 7.05 Å². The highest BCUT2D eigenvalue weighted by Crippen LogP contribution is 2.18. The number of halogens is 4. The van der Waals surface area contributed by atoms with Crippen molar-refractivity contribution in [3.8, 4) is 0 Å². The van der Waals surface area contributed by atoms with Crippen LogP contribution in [0, 0.1) is 0 Å². The minimum Gasteiger partial charge on any atom is -0.317 e. The highest BCUT2D eigenvalue weighted by molar-refractivity contribution is 6.29. The number of Topliss-reactive ketones (excluding diaryl/α,β-unsaturated/α-hetero) is 1. The van der Waals surface area contributed by atoms with Crippen LogP contribution in [0.25, 0.3) is 0 Å². The third kappa shape index (κ3) is 4.29. The van der Waals surface area contributed by atoms with Crippen LogP contribution in [0.2, 0.25) is 5.15 Å². The maximum atomic E-state index is 12.3. The molecule has 4 nitrogen and oxygen atoms in total. The second-order valence-electron chi connectivity index (χ2n) is 3.72. The van der Waals surface area contributed by atoms with E-state index in [0.29, 0.717) is 5.56 Å². The molecule has 1 rings (SSSR count). The Morgan fingerprint density at radius 1 is 1.53 bits per heavy atom. The van der Waals surface area contributed by atoms with Crippen molar-refractivity contribution in [1.82, 2.24) is 4.98 Å². The van der Waals surface area contributed by atoms with Gasteiger partial charge in [0.25, 0.3) is 5.78 Å². The smallest absolute Gasteiger partial charge is 0.317 e. The van der Waals surface area contributed by atoms with Crippen LogP contribution in [0.3, 0.4) is 0 Å². The number of rotatable bonds is 4. The van der Waals surface area contributed by atoms with Gasteiger partial charge in [0.2, 0.25) is 0 Å². The van der Waals surface area contributed by atoms with Gasteiger partial charge in [-0.15, -0.1) is 0 Å². The number of carbonyl (C=O) groups excluding carboxylic acids is 1. The van der Waals surface area contributed by atoms with Crippen molar-refractivity contribution in [2.45, 2.75) is 18.6 Å². The van der Waals surface area contributed by atoms with Crippen LogP contribution in [-0.2, 0) is 11.2 Å². The zero-order valence-corrected chi connectivity index (χ0v) is 10.7. The Morgan fingerprint density at radius 2 is 2.16 bits per heavy atom. The van der Waals surface area contributed by atoms with Crippen LogP contribution in [0.4, 0.5) is 13.2 Å². The molecule has 0 amide bonds. The molecule has 104 valence electrons. The molecule has 0 aliphatic heterocycles. The summed E-state index contributed by atoms with van der Waals surface area (Å²) in [6, 6.07) is 1.26. The molecule has 1 heterocycles. The third-order valence-electron chi connectivity index (χ3n) is 2.38. The summed E-state index contributed by atoms with van der Waals surface area (Å²) in [5.74, 6) is -2.02. The lowest BCUT2D eigenvalue weighted by Crippen LogP contribution is -2.46. The topological polar surface area (TPSA) is 68.3 Å². The minimum absolute atomic E-state index is 0.00363. The van der Waals surface area contributed by atoms with Crippen LogP contribution >= 0.6 is 11.6 Å². The van der Waals surface area contributed by atoms with Gasteiger partial charge in [-0.3, -0.25) is 9.79 Å². The highest BCUT2D eigenvalue weighted by atomic mass is 35.5. The minimum atomic E-state index is -4.98. The van der Waals surface area contributed by atoms with Gasteiger partial charge in [-0.05, 0) is 11.6 Å². The first-order valence-electron chi connectivity index (χ1n) is 5.18. The van der Waals surface area contributed by atoms with E-state index >= 15 is 0 Å². The molecule has 0 aliphatic carbocycles. The number of hydrogen-bond acceptors (Lipinski definition) is 4. The Hall–Kier alpha value is -1.47. The highest BCUT2D eigenvalue weighted by Gasteiger charge is 2.43. The molecule has 2 N–H and O–H groups in total. The molecule has 0 spiro atoms. The number of pyridine rings is 1. The number of nitrogens with zero attached hydrogens (tertiary/aromatic N) is 2. The number of aliphatic imine (C=N–C) groups is 1. The molecule has 0 fully saturated rings. The first-order valence-corrected chi connectivity index (χ1v) is 5.56. The van der Waals surface area contributed by atoms with Gasteiger partial charge in [-0.25, -0.2) is 4.98 Å². The standard InChI is InChI=1S/C11H11ClF3N3O/c1-17-7(9(16)10(19)11(13,14)15)4-6-2-3-8(12)18-5-6/h2-3,5,9H,4,16H2,1H3. The predicted molar refractivity (Wildman–Crippen MR) is 65.3 cm³/mol. The Morgan fingerprint density at radius 3 is 2.58 bits per heavy atom. The molecular weight excluding hydrogens is 283 g/mol. The molecule has 0 radical (unpaired) electrons. The number of aromatic nitrogens is 1. The Balaban J connectivity index is 2.85. The molecule has 0 aromatic carbocycles. The molecule has 0 aliphatic rings. The molecule has 1 atom stereocenters. The van der Waals surface area contributed by atoms with E-state index in [1.54, 1.807) is 6.07 Å². The summed E-state index contributed by atoms with van der Waals surface area (Å²) in [4.78, 5) is 18.5. The fourth-order valence-corrected chi connectivity index (χ4v) is 1.49. The summed E-state index contributed by atoms with van der Waals surface area (Å²) in [5, 5.41) is 0.259. The zero-order valence-electron chi connectivity index (χ0n) is 9.91. The molecule has 19 heavy (non-hydrogen) atoms. The third-order valence-corrected chi connectivity index (χ3v) is 2.61. The lowest BCUT2D eigenvalue weighted by Gasteiger charge is -2.15. The van der Waals surface area contributed by atoms with Crippen molar-refractivity contribution in [2.24, 2.45) is 10.7 Å². The number of ketones is 1.